The molecule has 136 valence electrons. The molecule has 4 nitrogen and oxygen atoms in total. The Morgan fingerprint density at radius 3 is 2.58 bits per heavy atom. The minimum absolute atomic E-state index is 0.114. The Balaban J connectivity index is 1.92. The van der Waals surface area contributed by atoms with Crippen LogP contribution in [0.2, 0.25) is 0 Å². The van der Waals surface area contributed by atoms with Crippen LogP contribution in [-0.2, 0) is 6.42 Å². The Bertz CT molecular complexity index is 963. The summed E-state index contributed by atoms with van der Waals surface area (Å²) in [6, 6.07) is 9.14. The first-order chi connectivity index (χ1) is 12.3. The van der Waals surface area contributed by atoms with Crippen LogP contribution in [0.4, 0.5) is 17.6 Å². The second-order valence-electron chi connectivity index (χ2n) is 5.48. The van der Waals surface area contributed by atoms with E-state index in [-0.39, 0.29) is 17.7 Å². The Morgan fingerprint density at radius 2 is 1.88 bits per heavy atom. The number of fused-ring (bicyclic) bond motifs is 1. The number of aromatic nitrogens is 1. The molecule has 0 saturated heterocycles. The van der Waals surface area contributed by atoms with Gasteiger partial charge >= 0.3 is 6.36 Å². The molecule has 0 aliphatic heterocycles. The average molecular weight is 367 g/mol. The van der Waals surface area contributed by atoms with Crippen LogP contribution in [0.3, 0.4) is 0 Å². The summed E-state index contributed by atoms with van der Waals surface area (Å²) in [5, 5.41) is 0.582. The van der Waals surface area contributed by atoms with Gasteiger partial charge in [-0.15, -0.1) is 13.2 Å². The topological polar surface area (TPSA) is 40.5 Å². The SMILES string of the molecule is COc1cc(F)ccc1CC(=O)n1ccc2ccc(OC(F)(F)F)cc21. The van der Waals surface area contributed by atoms with E-state index in [9.17, 15) is 22.4 Å². The molecule has 0 radical (unpaired) electrons. The zero-order valence-corrected chi connectivity index (χ0v) is 13.5. The van der Waals surface area contributed by atoms with Gasteiger partial charge in [-0.1, -0.05) is 6.07 Å². The van der Waals surface area contributed by atoms with Crippen molar-refractivity contribution in [2.45, 2.75) is 12.8 Å². The second-order valence-corrected chi connectivity index (χ2v) is 5.48. The average Bonchev–Trinajstić information content (AvgIpc) is 2.98. The van der Waals surface area contributed by atoms with E-state index in [2.05, 4.69) is 4.74 Å². The van der Waals surface area contributed by atoms with E-state index in [1.165, 1.54) is 42.1 Å². The predicted molar refractivity (Wildman–Crippen MR) is 85.9 cm³/mol. The third kappa shape index (κ3) is 3.79. The molecule has 0 bridgehead atoms. The molecular weight excluding hydrogens is 354 g/mol. The Morgan fingerprint density at radius 1 is 1.12 bits per heavy atom. The standard InChI is InChI=1S/C18H13F4NO3/c1-25-16-9-13(19)4-2-12(16)8-17(24)23-7-6-11-3-5-14(10-15(11)23)26-18(20,21)22/h2-7,9-10H,8H2,1H3. The van der Waals surface area contributed by atoms with Gasteiger partial charge in [0, 0.05) is 29.3 Å². The Kier molecular flexibility index (Phi) is 4.58. The van der Waals surface area contributed by atoms with Crippen LogP contribution in [0.15, 0.2) is 48.7 Å². The summed E-state index contributed by atoms with van der Waals surface area (Å²) in [7, 11) is 1.36. The maximum Gasteiger partial charge on any atom is 0.573 e. The van der Waals surface area contributed by atoms with Crippen LogP contribution in [-0.4, -0.2) is 23.9 Å². The molecule has 0 amide bonds. The first-order valence-corrected chi connectivity index (χ1v) is 7.49. The number of alkyl halides is 3. The number of benzene rings is 2. The van der Waals surface area contributed by atoms with Gasteiger partial charge in [0.25, 0.3) is 0 Å². The molecule has 26 heavy (non-hydrogen) atoms. The van der Waals surface area contributed by atoms with Crippen molar-refractivity contribution >= 4 is 16.8 Å². The lowest BCUT2D eigenvalue weighted by Crippen LogP contribution is -2.17. The quantitative estimate of drug-likeness (QED) is 0.634. The molecule has 0 atom stereocenters. The highest BCUT2D eigenvalue weighted by molar-refractivity contribution is 5.94. The first kappa shape index (κ1) is 17.8. The van der Waals surface area contributed by atoms with E-state index in [0.29, 0.717) is 10.9 Å². The van der Waals surface area contributed by atoms with Gasteiger partial charge < -0.3 is 9.47 Å². The summed E-state index contributed by atoms with van der Waals surface area (Å²) in [6.45, 7) is 0. The zero-order chi connectivity index (χ0) is 18.9. The van der Waals surface area contributed by atoms with Crippen LogP contribution in [0.25, 0.3) is 10.9 Å². The van der Waals surface area contributed by atoms with Crippen molar-refractivity contribution < 1.29 is 31.8 Å². The molecular formula is C18H13F4NO3. The molecule has 8 heteroatoms. The smallest absolute Gasteiger partial charge is 0.496 e. The molecule has 1 aromatic heterocycles. The fourth-order valence-corrected chi connectivity index (χ4v) is 2.64. The van der Waals surface area contributed by atoms with E-state index in [4.69, 9.17) is 4.74 Å². The highest BCUT2D eigenvalue weighted by Gasteiger charge is 2.31. The van der Waals surface area contributed by atoms with Crippen molar-refractivity contribution in [3.63, 3.8) is 0 Å². The molecule has 2 aromatic carbocycles. The third-order valence-corrected chi connectivity index (χ3v) is 3.76. The van der Waals surface area contributed by atoms with Crippen molar-refractivity contribution in [1.29, 1.82) is 0 Å². The number of hydrogen-bond acceptors (Lipinski definition) is 3. The largest absolute Gasteiger partial charge is 0.573 e. The van der Waals surface area contributed by atoms with Crippen molar-refractivity contribution in [3.8, 4) is 11.5 Å². The van der Waals surface area contributed by atoms with Gasteiger partial charge in [0.1, 0.15) is 17.3 Å². The van der Waals surface area contributed by atoms with E-state index in [0.717, 1.165) is 12.1 Å². The van der Waals surface area contributed by atoms with Gasteiger partial charge in [-0.3, -0.25) is 9.36 Å². The van der Waals surface area contributed by atoms with Gasteiger partial charge in [-0.2, -0.15) is 0 Å². The van der Waals surface area contributed by atoms with Gasteiger partial charge in [-0.05, 0) is 24.3 Å². The summed E-state index contributed by atoms with van der Waals surface area (Å²) < 4.78 is 60.6. The highest BCUT2D eigenvalue weighted by atomic mass is 19.4. The maximum absolute atomic E-state index is 13.3. The van der Waals surface area contributed by atoms with Gasteiger partial charge in [0.2, 0.25) is 5.91 Å². The van der Waals surface area contributed by atoms with Gasteiger partial charge in [0.05, 0.1) is 19.0 Å². The molecule has 0 spiro atoms. The Labute approximate surface area is 145 Å². The molecule has 3 rings (SSSR count). The highest BCUT2D eigenvalue weighted by Crippen LogP contribution is 2.28. The van der Waals surface area contributed by atoms with Crippen molar-refractivity contribution in [2.75, 3.05) is 7.11 Å². The summed E-state index contributed by atoms with van der Waals surface area (Å²) in [5.74, 6) is -1.11. The minimum Gasteiger partial charge on any atom is -0.496 e. The number of rotatable bonds is 4. The number of halogens is 4. The first-order valence-electron chi connectivity index (χ1n) is 7.49. The lowest BCUT2D eigenvalue weighted by Gasteiger charge is -2.11. The van der Waals surface area contributed by atoms with Crippen LogP contribution in [0.1, 0.15) is 10.4 Å². The number of ether oxygens (including phenoxy) is 2. The molecule has 0 unspecified atom stereocenters. The van der Waals surface area contributed by atoms with Crippen LogP contribution >= 0.6 is 0 Å². The summed E-state index contributed by atoms with van der Waals surface area (Å²) in [5.41, 5.74) is 0.737. The Hall–Kier alpha value is -3.03. The zero-order valence-electron chi connectivity index (χ0n) is 13.5. The number of hydrogen-bond donors (Lipinski definition) is 0. The third-order valence-electron chi connectivity index (χ3n) is 3.76. The lowest BCUT2D eigenvalue weighted by molar-refractivity contribution is -0.274. The summed E-state index contributed by atoms with van der Waals surface area (Å²) >= 11 is 0. The van der Waals surface area contributed by atoms with Gasteiger partial charge in [-0.25, -0.2) is 4.39 Å². The van der Waals surface area contributed by atoms with E-state index in [1.54, 1.807) is 6.07 Å². The normalized spacial score (nSPS) is 11.6. The number of carbonyl (C=O) groups is 1. The van der Waals surface area contributed by atoms with Crippen LogP contribution in [0, 0.1) is 5.82 Å². The molecule has 3 aromatic rings. The van der Waals surface area contributed by atoms with Crippen LogP contribution < -0.4 is 9.47 Å². The summed E-state index contributed by atoms with van der Waals surface area (Å²) in [4.78, 5) is 12.6. The van der Waals surface area contributed by atoms with Gasteiger partial charge in [0.15, 0.2) is 0 Å². The van der Waals surface area contributed by atoms with Crippen molar-refractivity contribution in [1.82, 2.24) is 4.57 Å². The molecule has 0 aliphatic rings. The molecule has 1 heterocycles. The monoisotopic (exact) mass is 367 g/mol. The number of nitrogens with zero attached hydrogens (tertiary/aromatic N) is 1. The number of methoxy groups -OCH3 is 1. The fraction of sp³-hybridized carbons (Fsp3) is 0.167. The van der Waals surface area contributed by atoms with E-state index in [1.807, 2.05) is 0 Å². The molecule has 0 saturated carbocycles. The summed E-state index contributed by atoms with van der Waals surface area (Å²) in [6.07, 6.45) is -3.48. The minimum atomic E-state index is -4.82. The van der Waals surface area contributed by atoms with Crippen LogP contribution in [0.5, 0.6) is 11.5 Å². The molecule has 0 N–H and O–H groups in total. The molecule has 0 aliphatic carbocycles. The van der Waals surface area contributed by atoms with E-state index >= 15 is 0 Å². The maximum atomic E-state index is 13.3. The lowest BCUT2D eigenvalue weighted by atomic mass is 10.1. The van der Waals surface area contributed by atoms with Crippen molar-refractivity contribution in [2.24, 2.45) is 0 Å². The number of carbonyl (C=O) groups excluding carboxylic acids is 1. The van der Waals surface area contributed by atoms with Crippen molar-refractivity contribution in [3.05, 3.63) is 60.0 Å². The second kappa shape index (κ2) is 6.70. The fourth-order valence-electron chi connectivity index (χ4n) is 2.64. The van der Waals surface area contributed by atoms with E-state index < -0.39 is 23.8 Å². The predicted octanol–water partition coefficient (Wildman–Crippen LogP) is 4.57. The molecule has 0 fully saturated rings.